The third kappa shape index (κ3) is 4.84. The van der Waals surface area contributed by atoms with E-state index in [9.17, 15) is 4.79 Å². The van der Waals surface area contributed by atoms with Gasteiger partial charge in [-0.1, -0.05) is 89.9 Å². The van der Waals surface area contributed by atoms with Crippen LogP contribution in [0.1, 0.15) is 23.6 Å². The van der Waals surface area contributed by atoms with Crippen LogP contribution in [0.3, 0.4) is 0 Å². The van der Waals surface area contributed by atoms with Crippen molar-refractivity contribution in [1.82, 2.24) is 5.01 Å². The van der Waals surface area contributed by atoms with Crippen LogP contribution in [-0.2, 0) is 0 Å². The Labute approximate surface area is 208 Å². The molecule has 34 heavy (non-hydrogen) atoms. The summed E-state index contributed by atoms with van der Waals surface area (Å²) in [6.45, 7) is 0. The van der Waals surface area contributed by atoms with Crippen molar-refractivity contribution < 1.29 is 4.79 Å². The van der Waals surface area contributed by atoms with E-state index in [1.807, 2.05) is 42.5 Å². The normalized spacial score (nSPS) is 15.2. The molecule has 4 aromatic rings. The first-order valence-corrected chi connectivity index (χ1v) is 11.7. The molecular weight excluding hydrogens is 465 g/mol. The average molecular weight is 486 g/mol. The van der Waals surface area contributed by atoms with Crippen molar-refractivity contribution in [1.29, 1.82) is 0 Å². The summed E-state index contributed by atoms with van der Waals surface area (Å²) in [5, 5.41) is 10.4. The number of halogens is 2. The standard InChI is InChI=1S/C28H21Cl2N3O/c29-23-12-10-21(11-13-23)26-18-27(22-8-6-20(7-9-22)19-4-2-1-3-5-19)33(32-26)28(34)31-25-16-14-24(30)15-17-25/h1-17,27H,18H2,(H,31,34). The van der Waals surface area contributed by atoms with Crippen LogP contribution >= 0.6 is 23.2 Å². The molecular formula is C28H21Cl2N3O. The molecule has 168 valence electrons. The van der Waals surface area contributed by atoms with Crippen LogP contribution in [0, 0.1) is 0 Å². The highest BCUT2D eigenvalue weighted by molar-refractivity contribution is 6.31. The minimum atomic E-state index is -0.302. The van der Waals surface area contributed by atoms with E-state index in [0.717, 1.165) is 28.0 Å². The molecule has 1 N–H and O–H groups in total. The van der Waals surface area contributed by atoms with Gasteiger partial charge in [0.05, 0.1) is 11.8 Å². The lowest BCUT2D eigenvalue weighted by Crippen LogP contribution is -2.31. The van der Waals surface area contributed by atoms with Crippen molar-refractivity contribution in [2.75, 3.05) is 5.32 Å². The molecule has 1 aliphatic heterocycles. The molecule has 1 heterocycles. The summed E-state index contributed by atoms with van der Waals surface area (Å²) >= 11 is 12.0. The van der Waals surface area contributed by atoms with Crippen LogP contribution in [0.15, 0.2) is 108 Å². The monoisotopic (exact) mass is 485 g/mol. The zero-order chi connectivity index (χ0) is 23.5. The second-order valence-corrected chi connectivity index (χ2v) is 8.92. The smallest absolute Gasteiger partial charge is 0.306 e. The van der Waals surface area contributed by atoms with Gasteiger partial charge in [0, 0.05) is 22.2 Å². The SMILES string of the molecule is O=C(Nc1ccc(Cl)cc1)N1N=C(c2ccc(Cl)cc2)CC1c1ccc(-c2ccccc2)cc1. The number of nitrogens with one attached hydrogen (secondary N) is 1. The summed E-state index contributed by atoms with van der Waals surface area (Å²) in [5.41, 5.74) is 5.72. The number of hydrazone groups is 1. The van der Waals surface area contributed by atoms with Gasteiger partial charge in [-0.25, -0.2) is 9.80 Å². The van der Waals surface area contributed by atoms with Crippen LogP contribution in [0.25, 0.3) is 11.1 Å². The molecule has 0 aromatic heterocycles. The van der Waals surface area contributed by atoms with Gasteiger partial charge < -0.3 is 5.32 Å². The maximum Gasteiger partial charge on any atom is 0.342 e. The minimum absolute atomic E-state index is 0.234. The van der Waals surface area contributed by atoms with Gasteiger partial charge in [-0.15, -0.1) is 0 Å². The Morgan fingerprint density at radius 3 is 1.94 bits per heavy atom. The van der Waals surface area contributed by atoms with Gasteiger partial charge in [-0.05, 0) is 58.7 Å². The molecule has 0 fully saturated rings. The van der Waals surface area contributed by atoms with Crippen molar-refractivity contribution in [3.05, 3.63) is 124 Å². The number of anilines is 1. The maximum absolute atomic E-state index is 13.3. The van der Waals surface area contributed by atoms with Crippen molar-refractivity contribution in [2.24, 2.45) is 5.10 Å². The third-order valence-electron chi connectivity index (χ3n) is 5.79. The largest absolute Gasteiger partial charge is 0.342 e. The Morgan fingerprint density at radius 1 is 0.735 bits per heavy atom. The highest BCUT2D eigenvalue weighted by atomic mass is 35.5. The number of amides is 2. The fraction of sp³-hybridized carbons (Fsp3) is 0.0714. The molecule has 1 unspecified atom stereocenters. The summed E-state index contributed by atoms with van der Waals surface area (Å²) in [6.07, 6.45) is 0.598. The molecule has 0 saturated heterocycles. The molecule has 0 aliphatic carbocycles. The molecule has 4 aromatic carbocycles. The number of carbonyl (C=O) groups excluding carboxylic acids is 1. The van der Waals surface area contributed by atoms with Crippen molar-refractivity contribution in [3.63, 3.8) is 0 Å². The van der Waals surface area contributed by atoms with Gasteiger partial charge >= 0.3 is 6.03 Å². The van der Waals surface area contributed by atoms with Crippen LogP contribution < -0.4 is 5.32 Å². The lowest BCUT2D eigenvalue weighted by molar-refractivity contribution is 0.200. The molecule has 1 aliphatic rings. The Bertz CT molecular complexity index is 1320. The van der Waals surface area contributed by atoms with Crippen LogP contribution in [0.2, 0.25) is 10.0 Å². The fourth-order valence-corrected chi connectivity index (χ4v) is 4.27. The number of rotatable bonds is 4. The Balaban J connectivity index is 1.44. The fourth-order valence-electron chi connectivity index (χ4n) is 4.02. The van der Waals surface area contributed by atoms with E-state index in [0.29, 0.717) is 22.2 Å². The quantitative estimate of drug-likeness (QED) is 0.312. The second-order valence-electron chi connectivity index (χ2n) is 8.04. The molecule has 1 atom stereocenters. The molecule has 4 nitrogen and oxygen atoms in total. The van der Waals surface area contributed by atoms with Gasteiger partial charge in [0.2, 0.25) is 0 Å². The van der Waals surface area contributed by atoms with Crippen molar-refractivity contribution >= 4 is 40.6 Å². The molecule has 6 heteroatoms. The molecule has 0 radical (unpaired) electrons. The molecule has 0 bridgehead atoms. The van der Waals surface area contributed by atoms with Gasteiger partial charge in [0.25, 0.3) is 0 Å². The summed E-state index contributed by atoms with van der Waals surface area (Å²) in [6, 6.07) is 32.5. The molecule has 0 spiro atoms. The second kappa shape index (κ2) is 9.72. The number of nitrogens with zero attached hydrogens (tertiary/aromatic N) is 2. The summed E-state index contributed by atoms with van der Waals surface area (Å²) < 4.78 is 0. The first-order valence-electron chi connectivity index (χ1n) is 10.9. The number of benzene rings is 4. The van der Waals surface area contributed by atoms with E-state index >= 15 is 0 Å². The van der Waals surface area contributed by atoms with Crippen molar-refractivity contribution in [3.8, 4) is 11.1 Å². The topological polar surface area (TPSA) is 44.7 Å². The lowest BCUT2D eigenvalue weighted by Gasteiger charge is -2.22. The predicted molar refractivity (Wildman–Crippen MR) is 140 cm³/mol. The van der Waals surface area contributed by atoms with E-state index in [1.165, 1.54) is 5.01 Å². The zero-order valence-electron chi connectivity index (χ0n) is 18.2. The first-order chi connectivity index (χ1) is 16.6. The Hall–Kier alpha value is -3.60. The maximum atomic E-state index is 13.3. The van der Waals surface area contributed by atoms with E-state index in [2.05, 4.69) is 41.7 Å². The molecule has 5 rings (SSSR count). The lowest BCUT2D eigenvalue weighted by atomic mass is 9.96. The highest BCUT2D eigenvalue weighted by Gasteiger charge is 2.33. The predicted octanol–water partition coefficient (Wildman–Crippen LogP) is 8.04. The molecule has 0 saturated carbocycles. The first kappa shape index (κ1) is 22.2. The van der Waals surface area contributed by atoms with Crippen LogP contribution in [0.5, 0.6) is 0 Å². The van der Waals surface area contributed by atoms with Gasteiger partial charge in [0.1, 0.15) is 0 Å². The van der Waals surface area contributed by atoms with E-state index < -0.39 is 0 Å². The average Bonchev–Trinajstić information content (AvgIpc) is 3.32. The summed E-state index contributed by atoms with van der Waals surface area (Å²) in [5.74, 6) is 0. The summed E-state index contributed by atoms with van der Waals surface area (Å²) in [4.78, 5) is 13.3. The summed E-state index contributed by atoms with van der Waals surface area (Å²) in [7, 11) is 0. The number of urea groups is 1. The van der Waals surface area contributed by atoms with Gasteiger partial charge in [-0.2, -0.15) is 5.10 Å². The number of hydrogen-bond donors (Lipinski definition) is 1. The van der Waals surface area contributed by atoms with Crippen LogP contribution in [0.4, 0.5) is 10.5 Å². The number of carbonyl (C=O) groups is 1. The Kier molecular flexibility index (Phi) is 6.35. The molecule has 2 amide bonds. The van der Waals surface area contributed by atoms with Crippen molar-refractivity contribution in [2.45, 2.75) is 12.5 Å². The zero-order valence-corrected chi connectivity index (χ0v) is 19.7. The van der Waals surface area contributed by atoms with E-state index in [1.54, 1.807) is 24.3 Å². The Morgan fingerprint density at radius 2 is 1.29 bits per heavy atom. The van der Waals surface area contributed by atoms with Gasteiger partial charge in [-0.3, -0.25) is 0 Å². The van der Waals surface area contributed by atoms with Crippen LogP contribution in [-0.4, -0.2) is 16.8 Å². The third-order valence-corrected chi connectivity index (χ3v) is 6.30. The highest BCUT2D eigenvalue weighted by Crippen LogP contribution is 2.34. The van der Waals surface area contributed by atoms with Gasteiger partial charge in [0.15, 0.2) is 0 Å². The van der Waals surface area contributed by atoms with E-state index in [-0.39, 0.29) is 12.1 Å². The minimum Gasteiger partial charge on any atom is -0.306 e. The van der Waals surface area contributed by atoms with E-state index in [4.69, 9.17) is 28.3 Å². The number of hydrogen-bond acceptors (Lipinski definition) is 2.